The maximum atomic E-state index is 11.8. The van der Waals surface area contributed by atoms with Gasteiger partial charge in [-0.15, -0.1) is 12.4 Å². The average Bonchev–Trinajstić information content (AvgIpc) is 2.77. The molecule has 94 valence electrons. The minimum absolute atomic E-state index is 0. The zero-order valence-corrected chi connectivity index (χ0v) is 13.6. The van der Waals surface area contributed by atoms with Gasteiger partial charge < -0.3 is 10.6 Å². The van der Waals surface area contributed by atoms with E-state index in [4.69, 9.17) is 0 Å². The molecule has 3 nitrogen and oxygen atoms in total. The Kier molecular flexibility index (Phi) is 6.19. The molecule has 1 amide bonds. The Balaban J connectivity index is 0.00000144. The number of anilines is 1. The van der Waals surface area contributed by atoms with Crippen molar-refractivity contribution in [1.29, 1.82) is 0 Å². The highest BCUT2D eigenvalue weighted by Crippen LogP contribution is 2.22. The maximum Gasteiger partial charge on any atom is 0.241 e. The van der Waals surface area contributed by atoms with Gasteiger partial charge in [-0.25, -0.2) is 0 Å². The topological polar surface area (TPSA) is 41.1 Å². The van der Waals surface area contributed by atoms with Crippen molar-refractivity contribution in [2.24, 2.45) is 0 Å². The van der Waals surface area contributed by atoms with Gasteiger partial charge in [0.2, 0.25) is 5.91 Å². The predicted molar refractivity (Wildman–Crippen MR) is 83.8 cm³/mol. The quantitative estimate of drug-likeness (QED) is 0.707. The number of hydrogen-bond acceptors (Lipinski definition) is 2. The highest BCUT2D eigenvalue weighted by Gasteiger charge is 2.21. The minimum Gasteiger partial charge on any atom is -0.325 e. The van der Waals surface area contributed by atoms with Gasteiger partial charge in [0.1, 0.15) is 0 Å². The highest BCUT2D eigenvalue weighted by molar-refractivity contribution is 14.1. The summed E-state index contributed by atoms with van der Waals surface area (Å²) < 4.78 is 2.14. The summed E-state index contributed by atoms with van der Waals surface area (Å²) >= 11 is 5.66. The van der Waals surface area contributed by atoms with Gasteiger partial charge in [0.05, 0.1) is 6.04 Å². The van der Waals surface area contributed by atoms with Crippen molar-refractivity contribution in [2.45, 2.75) is 18.9 Å². The normalized spacial score (nSPS) is 18.6. The Morgan fingerprint density at radius 3 is 2.88 bits per heavy atom. The van der Waals surface area contributed by atoms with Gasteiger partial charge in [-0.1, -0.05) is 0 Å². The molecule has 0 radical (unpaired) electrons. The molecule has 1 fully saturated rings. The molecular formula is C11H13BrClIN2O. The predicted octanol–water partition coefficient (Wildman–Crippen LogP) is 3.17. The fourth-order valence-electron chi connectivity index (χ4n) is 1.71. The fourth-order valence-corrected chi connectivity index (χ4v) is 2.47. The first-order chi connectivity index (χ1) is 7.66. The van der Waals surface area contributed by atoms with E-state index in [1.807, 2.05) is 18.2 Å². The van der Waals surface area contributed by atoms with Gasteiger partial charge in [0.25, 0.3) is 0 Å². The van der Waals surface area contributed by atoms with Crippen LogP contribution in [0, 0.1) is 3.57 Å². The molecule has 1 atom stereocenters. The SMILES string of the molecule is Cl.O=C(Nc1ccc(Br)c(I)c1)C1CCCN1. The molecule has 1 unspecified atom stereocenters. The van der Waals surface area contributed by atoms with Crippen LogP contribution in [0.3, 0.4) is 0 Å². The third-order valence-corrected chi connectivity index (χ3v) is 4.89. The monoisotopic (exact) mass is 430 g/mol. The molecule has 2 N–H and O–H groups in total. The van der Waals surface area contributed by atoms with Crippen molar-refractivity contribution in [2.75, 3.05) is 11.9 Å². The van der Waals surface area contributed by atoms with Crippen molar-refractivity contribution in [3.05, 3.63) is 26.2 Å². The molecule has 1 aromatic carbocycles. The zero-order valence-electron chi connectivity index (χ0n) is 9.00. The maximum absolute atomic E-state index is 11.8. The van der Waals surface area contributed by atoms with E-state index in [-0.39, 0.29) is 24.4 Å². The van der Waals surface area contributed by atoms with E-state index in [0.717, 1.165) is 33.1 Å². The Morgan fingerprint density at radius 2 is 2.29 bits per heavy atom. The van der Waals surface area contributed by atoms with Crippen LogP contribution in [-0.2, 0) is 4.79 Å². The number of halogens is 3. The van der Waals surface area contributed by atoms with Crippen molar-refractivity contribution in [3.63, 3.8) is 0 Å². The van der Waals surface area contributed by atoms with Crippen LogP contribution in [0.25, 0.3) is 0 Å². The van der Waals surface area contributed by atoms with Crippen LogP contribution in [-0.4, -0.2) is 18.5 Å². The summed E-state index contributed by atoms with van der Waals surface area (Å²) in [5, 5.41) is 6.10. The second-order valence-corrected chi connectivity index (χ2v) is 5.78. The first kappa shape index (κ1) is 15.2. The van der Waals surface area contributed by atoms with E-state index < -0.39 is 0 Å². The Hall–Kier alpha value is 0.150. The number of amides is 1. The lowest BCUT2D eigenvalue weighted by Gasteiger charge is -2.11. The third kappa shape index (κ3) is 4.08. The number of hydrogen-bond donors (Lipinski definition) is 2. The molecule has 1 aliphatic heterocycles. The van der Waals surface area contributed by atoms with E-state index in [1.54, 1.807) is 0 Å². The van der Waals surface area contributed by atoms with E-state index in [1.165, 1.54) is 0 Å². The van der Waals surface area contributed by atoms with E-state index >= 15 is 0 Å². The number of carbonyl (C=O) groups excluding carboxylic acids is 1. The van der Waals surface area contributed by atoms with Crippen molar-refractivity contribution in [1.82, 2.24) is 5.32 Å². The van der Waals surface area contributed by atoms with Crippen LogP contribution in [0.15, 0.2) is 22.7 Å². The molecule has 17 heavy (non-hydrogen) atoms. The second kappa shape index (κ2) is 6.92. The molecule has 2 rings (SSSR count). The average molecular weight is 431 g/mol. The van der Waals surface area contributed by atoms with Crippen LogP contribution in [0.2, 0.25) is 0 Å². The summed E-state index contributed by atoms with van der Waals surface area (Å²) in [5.74, 6) is 0.0654. The van der Waals surface area contributed by atoms with Crippen molar-refractivity contribution < 1.29 is 4.79 Å². The van der Waals surface area contributed by atoms with E-state index in [9.17, 15) is 4.79 Å². The lowest BCUT2D eigenvalue weighted by atomic mass is 10.2. The Labute approximate surface area is 129 Å². The molecule has 6 heteroatoms. The molecule has 0 bridgehead atoms. The van der Waals surface area contributed by atoms with Crippen LogP contribution in [0.5, 0.6) is 0 Å². The summed E-state index contributed by atoms with van der Waals surface area (Å²) in [6.45, 7) is 0.940. The molecule has 1 aliphatic rings. The molecule has 0 aliphatic carbocycles. The van der Waals surface area contributed by atoms with Gasteiger partial charge in [-0.2, -0.15) is 0 Å². The van der Waals surface area contributed by atoms with Crippen LogP contribution in [0.1, 0.15) is 12.8 Å². The number of rotatable bonds is 2. The van der Waals surface area contributed by atoms with E-state index in [0.29, 0.717) is 0 Å². The summed E-state index contributed by atoms with van der Waals surface area (Å²) in [6, 6.07) is 5.78. The van der Waals surface area contributed by atoms with Crippen LogP contribution >= 0.6 is 50.9 Å². The van der Waals surface area contributed by atoms with Gasteiger partial charge in [-0.3, -0.25) is 4.79 Å². The standard InChI is InChI=1S/C11H12BrIN2O.ClH/c12-8-4-3-7(6-9(8)13)15-11(16)10-2-1-5-14-10;/h3-4,6,10,14H,1-2,5H2,(H,15,16);1H. The van der Waals surface area contributed by atoms with Crippen molar-refractivity contribution >= 4 is 62.5 Å². The van der Waals surface area contributed by atoms with Gasteiger partial charge in [0, 0.05) is 13.7 Å². The summed E-state index contributed by atoms with van der Waals surface area (Å²) in [6.07, 6.45) is 2.01. The lowest BCUT2D eigenvalue weighted by molar-refractivity contribution is -0.117. The number of carbonyl (C=O) groups is 1. The largest absolute Gasteiger partial charge is 0.325 e. The second-order valence-electron chi connectivity index (χ2n) is 3.77. The van der Waals surface area contributed by atoms with Gasteiger partial charge >= 0.3 is 0 Å². The molecule has 0 saturated carbocycles. The Bertz CT molecular complexity index is 410. The minimum atomic E-state index is -0.0266. The van der Waals surface area contributed by atoms with Gasteiger partial charge in [0.15, 0.2) is 0 Å². The van der Waals surface area contributed by atoms with Crippen LogP contribution in [0.4, 0.5) is 5.69 Å². The smallest absolute Gasteiger partial charge is 0.241 e. The van der Waals surface area contributed by atoms with Crippen molar-refractivity contribution in [3.8, 4) is 0 Å². The number of benzene rings is 1. The Morgan fingerprint density at radius 1 is 1.53 bits per heavy atom. The molecule has 1 heterocycles. The molecule has 0 aromatic heterocycles. The van der Waals surface area contributed by atoms with Gasteiger partial charge in [-0.05, 0) is 76.1 Å². The third-order valence-electron chi connectivity index (χ3n) is 2.56. The lowest BCUT2D eigenvalue weighted by Crippen LogP contribution is -2.35. The fraction of sp³-hybridized carbons (Fsp3) is 0.364. The molecule has 1 aromatic rings. The molecule has 0 spiro atoms. The molecular weight excluding hydrogens is 418 g/mol. The van der Waals surface area contributed by atoms with E-state index in [2.05, 4.69) is 49.2 Å². The first-order valence-corrected chi connectivity index (χ1v) is 7.03. The zero-order chi connectivity index (χ0) is 11.5. The first-order valence-electron chi connectivity index (χ1n) is 5.16. The molecule has 1 saturated heterocycles. The number of nitrogens with one attached hydrogen (secondary N) is 2. The summed E-state index contributed by atoms with van der Waals surface area (Å²) in [7, 11) is 0. The van der Waals surface area contributed by atoms with Crippen LogP contribution < -0.4 is 10.6 Å². The summed E-state index contributed by atoms with van der Waals surface area (Å²) in [4.78, 5) is 11.8. The highest BCUT2D eigenvalue weighted by atomic mass is 127. The summed E-state index contributed by atoms with van der Waals surface area (Å²) in [5.41, 5.74) is 0.853.